The van der Waals surface area contributed by atoms with Crippen LogP contribution < -0.4 is 10.2 Å². The van der Waals surface area contributed by atoms with Crippen molar-refractivity contribution < 1.29 is 9.59 Å². The lowest BCUT2D eigenvalue weighted by Crippen LogP contribution is -2.49. The van der Waals surface area contributed by atoms with E-state index in [0.29, 0.717) is 29.4 Å². The van der Waals surface area contributed by atoms with Crippen molar-refractivity contribution in [3.63, 3.8) is 0 Å². The van der Waals surface area contributed by atoms with Crippen LogP contribution in [-0.4, -0.2) is 29.9 Å². The van der Waals surface area contributed by atoms with Gasteiger partial charge in [0.15, 0.2) is 0 Å². The number of halogens is 1. The highest BCUT2D eigenvalue weighted by Gasteiger charge is 2.26. The molecule has 31 heavy (non-hydrogen) atoms. The van der Waals surface area contributed by atoms with E-state index >= 15 is 0 Å². The second-order valence-electron chi connectivity index (χ2n) is 7.71. The molecule has 5 nitrogen and oxygen atoms in total. The summed E-state index contributed by atoms with van der Waals surface area (Å²) < 4.78 is 0. The van der Waals surface area contributed by atoms with Crippen molar-refractivity contribution in [3.05, 3.63) is 94.5 Å². The fourth-order valence-electron chi connectivity index (χ4n) is 3.64. The molecule has 1 heterocycles. The minimum absolute atomic E-state index is 0.0112. The zero-order valence-corrected chi connectivity index (χ0v) is 18.1. The van der Waals surface area contributed by atoms with E-state index in [2.05, 4.69) is 36.5 Å². The number of anilines is 2. The van der Waals surface area contributed by atoms with Crippen molar-refractivity contribution in [3.8, 4) is 0 Å². The first-order valence-corrected chi connectivity index (χ1v) is 10.7. The maximum absolute atomic E-state index is 13.0. The van der Waals surface area contributed by atoms with Crippen molar-refractivity contribution in [1.29, 1.82) is 0 Å². The lowest BCUT2D eigenvalue weighted by atomic mass is 10.1. The Morgan fingerprint density at radius 2 is 1.74 bits per heavy atom. The molecule has 0 aromatic heterocycles. The first-order chi connectivity index (χ1) is 15.0. The minimum Gasteiger partial charge on any atom is -0.322 e. The molecular formula is C25H24ClN3O2. The molecule has 6 heteroatoms. The first-order valence-electron chi connectivity index (χ1n) is 10.3. The lowest BCUT2D eigenvalue weighted by molar-refractivity contribution is 0.102. The van der Waals surface area contributed by atoms with Crippen molar-refractivity contribution >= 4 is 34.9 Å². The number of benzene rings is 3. The molecule has 0 radical (unpaired) electrons. The Morgan fingerprint density at radius 1 is 1.00 bits per heavy atom. The van der Waals surface area contributed by atoms with Gasteiger partial charge in [-0.2, -0.15) is 0 Å². The Morgan fingerprint density at radius 3 is 2.45 bits per heavy atom. The summed E-state index contributed by atoms with van der Waals surface area (Å²) >= 11 is 5.97. The summed E-state index contributed by atoms with van der Waals surface area (Å²) in [7, 11) is 0. The number of amides is 3. The average molecular weight is 434 g/mol. The Hall–Kier alpha value is -3.31. The van der Waals surface area contributed by atoms with Gasteiger partial charge in [0.2, 0.25) is 0 Å². The van der Waals surface area contributed by atoms with Gasteiger partial charge in [0.25, 0.3) is 5.91 Å². The van der Waals surface area contributed by atoms with Gasteiger partial charge in [-0.1, -0.05) is 47.5 Å². The van der Waals surface area contributed by atoms with E-state index in [1.165, 1.54) is 5.56 Å². The van der Waals surface area contributed by atoms with Gasteiger partial charge in [0, 0.05) is 41.6 Å². The number of carbonyl (C=O) groups excluding carboxylic acids is 2. The summed E-state index contributed by atoms with van der Waals surface area (Å²) in [6.45, 7) is 4.05. The van der Waals surface area contributed by atoms with Crippen LogP contribution in [0.5, 0.6) is 0 Å². The number of hydrogen-bond acceptors (Lipinski definition) is 2. The van der Waals surface area contributed by atoms with Gasteiger partial charge in [0.05, 0.1) is 0 Å². The van der Waals surface area contributed by atoms with E-state index in [9.17, 15) is 9.59 Å². The van der Waals surface area contributed by atoms with Crippen molar-refractivity contribution in [1.82, 2.24) is 4.90 Å². The van der Waals surface area contributed by atoms with Crippen LogP contribution in [0, 0.1) is 6.92 Å². The number of nitrogens with one attached hydrogen (secondary N) is 1. The van der Waals surface area contributed by atoms with E-state index in [-0.39, 0.29) is 11.9 Å². The zero-order chi connectivity index (χ0) is 21.8. The number of urea groups is 1. The normalized spacial score (nSPS) is 13.9. The largest absolute Gasteiger partial charge is 0.324 e. The van der Waals surface area contributed by atoms with Crippen LogP contribution in [0.3, 0.4) is 0 Å². The molecule has 1 aliphatic heterocycles. The predicted octanol–water partition coefficient (Wildman–Crippen LogP) is 5.73. The second-order valence-corrected chi connectivity index (χ2v) is 8.14. The summed E-state index contributed by atoms with van der Waals surface area (Å²) in [6, 6.07) is 22.4. The van der Waals surface area contributed by atoms with E-state index < -0.39 is 0 Å². The van der Waals surface area contributed by atoms with Gasteiger partial charge in [-0.15, -0.1) is 0 Å². The summed E-state index contributed by atoms with van der Waals surface area (Å²) in [6.07, 6.45) is 0.897. The fourth-order valence-corrected chi connectivity index (χ4v) is 3.83. The summed E-state index contributed by atoms with van der Waals surface area (Å²) in [5, 5.41) is 3.39. The highest BCUT2D eigenvalue weighted by atomic mass is 35.5. The van der Waals surface area contributed by atoms with Crippen molar-refractivity contribution in [2.75, 3.05) is 23.3 Å². The number of aryl methyl sites for hydroxylation is 1. The highest BCUT2D eigenvalue weighted by molar-refractivity contribution is 6.31. The Bertz CT molecular complexity index is 1080. The first kappa shape index (κ1) is 20.9. The van der Waals surface area contributed by atoms with E-state index in [4.69, 9.17) is 11.6 Å². The molecule has 0 spiro atoms. The molecule has 1 saturated heterocycles. The molecule has 0 bridgehead atoms. The molecule has 1 fully saturated rings. The van der Waals surface area contributed by atoms with Crippen LogP contribution in [0.25, 0.3) is 0 Å². The summed E-state index contributed by atoms with van der Waals surface area (Å²) in [5.41, 5.74) is 4.27. The van der Waals surface area contributed by atoms with E-state index in [1.54, 1.807) is 41.3 Å². The van der Waals surface area contributed by atoms with Gasteiger partial charge in [-0.05, 0) is 61.4 Å². The van der Waals surface area contributed by atoms with Crippen LogP contribution in [0.4, 0.5) is 16.2 Å². The zero-order valence-electron chi connectivity index (χ0n) is 17.3. The number of carbonyl (C=O) groups is 2. The maximum atomic E-state index is 13.0. The molecule has 1 N–H and O–H groups in total. The Kier molecular flexibility index (Phi) is 6.23. The van der Waals surface area contributed by atoms with E-state index in [1.807, 2.05) is 17.0 Å². The lowest BCUT2D eigenvalue weighted by Gasteiger charge is -2.35. The molecule has 0 saturated carbocycles. The smallest absolute Gasteiger partial charge is 0.322 e. The average Bonchev–Trinajstić information content (AvgIpc) is 2.77. The fraction of sp³-hybridized carbons (Fsp3) is 0.200. The molecule has 4 rings (SSSR count). The summed E-state index contributed by atoms with van der Waals surface area (Å²) in [4.78, 5) is 29.2. The van der Waals surface area contributed by atoms with Crippen LogP contribution in [-0.2, 0) is 6.54 Å². The standard InChI is InChI=1S/C25H24ClN3O2/c1-18-6-8-19(9-7-18)17-28-14-3-15-29(25(28)31)23-12-10-20(11-13-23)24(30)27-22-5-2-4-21(26)16-22/h2,4-13,16H,3,14-15,17H2,1H3,(H,27,30). The van der Waals surface area contributed by atoms with Crippen molar-refractivity contribution in [2.24, 2.45) is 0 Å². The Balaban J connectivity index is 1.43. The topological polar surface area (TPSA) is 52.6 Å². The Labute approximate surface area is 187 Å². The van der Waals surface area contributed by atoms with Crippen molar-refractivity contribution in [2.45, 2.75) is 19.9 Å². The van der Waals surface area contributed by atoms with Gasteiger partial charge in [-0.25, -0.2) is 4.79 Å². The minimum atomic E-state index is -0.222. The molecule has 3 amide bonds. The molecule has 158 valence electrons. The van der Waals surface area contributed by atoms with Crippen LogP contribution >= 0.6 is 11.6 Å². The van der Waals surface area contributed by atoms with E-state index in [0.717, 1.165) is 24.2 Å². The van der Waals surface area contributed by atoms with Gasteiger partial charge in [-0.3, -0.25) is 9.69 Å². The van der Waals surface area contributed by atoms with Gasteiger partial charge < -0.3 is 10.2 Å². The molecule has 0 atom stereocenters. The quantitative estimate of drug-likeness (QED) is 0.558. The second kappa shape index (κ2) is 9.23. The summed E-state index contributed by atoms with van der Waals surface area (Å²) in [5.74, 6) is -0.222. The molecule has 3 aromatic rings. The van der Waals surface area contributed by atoms with Gasteiger partial charge in [0.1, 0.15) is 0 Å². The number of hydrogen-bond donors (Lipinski definition) is 1. The molecule has 0 unspecified atom stereocenters. The third-order valence-electron chi connectivity index (χ3n) is 5.33. The number of rotatable bonds is 5. The monoisotopic (exact) mass is 433 g/mol. The van der Waals surface area contributed by atoms with Crippen LogP contribution in [0.1, 0.15) is 27.9 Å². The number of nitrogens with zero attached hydrogens (tertiary/aromatic N) is 2. The molecule has 1 aliphatic rings. The predicted molar refractivity (Wildman–Crippen MR) is 125 cm³/mol. The molecule has 3 aromatic carbocycles. The molecular weight excluding hydrogens is 410 g/mol. The SMILES string of the molecule is Cc1ccc(CN2CCCN(c3ccc(C(=O)Nc4cccc(Cl)c4)cc3)C2=O)cc1. The van der Waals surface area contributed by atoms with Gasteiger partial charge >= 0.3 is 6.03 Å². The van der Waals surface area contributed by atoms with Crippen LogP contribution in [0.15, 0.2) is 72.8 Å². The third-order valence-corrected chi connectivity index (χ3v) is 5.56. The van der Waals surface area contributed by atoms with Crippen LogP contribution in [0.2, 0.25) is 5.02 Å². The third kappa shape index (κ3) is 5.06. The maximum Gasteiger partial charge on any atom is 0.324 e. The highest BCUT2D eigenvalue weighted by Crippen LogP contribution is 2.23. The molecule has 0 aliphatic carbocycles.